The normalized spacial score (nSPS) is 10.2. The van der Waals surface area contributed by atoms with Crippen molar-refractivity contribution in [3.63, 3.8) is 0 Å². The van der Waals surface area contributed by atoms with E-state index in [4.69, 9.17) is 10.00 Å². The van der Waals surface area contributed by atoms with Crippen molar-refractivity contribution in [2.24, 2.45) is 0 Å². The number of carbonyl (C=O) groups is 1. The summed E-state index contributed by atoms with van der Waals surface area (Å²) in [6.07, 6.45) is 1.51. The summed E-state index contributed by atoms with van der Waals surface area (Å²) < 4.78 is 5.09. The lowest BCUT2D eigenvalue weighted by Gasteiger charge is -2.11. The standard InChI is InChI=1S/C19H15N3O2/c1-2-24-19(23)17-12-21-18(16-9-4-3-8-15(16)17)22-14-7-5-6-13(10-14)11-20/h3-10,12H,2H2,1H3,(H,21,22). The van der Waals surface area contributed by atoms with Gasteiger partial charge in [0.2, 0.25) is 0 Å². The zero-order chi connectivity index (χ0) is 16.9. The number of rotatable bonds is 4. The number of ether oxygens (including phenoxy) is 1. The van der Waals surface area contributed by atoms with E-state index in [1.165, 1.54) is 6.20 Å². The van der Waals surface area contributed by atoms with Gasteiger partial charge >= 0.3 is 5.97 Å². The molecule has 0 aliphatic carbocycles. The fraction of sp³-hybridized carbons (Fsp3) is 0.105. The quantitative estimate of drug-likeness (QED) is 0.735. The van der Waals surface area contributed by atoms with Crippen LogP contribution in [0.5, 0.6) is 0 Å². The number of nitriles is 1. The van der Waals surface area contributed by atoms with E-state index in [2.05, 4.69) is 16.4 Å². The summed E-state index contributed by atoms with van der Waals surface area (Å²) in [6, 6.07) is 16.8. The molecule has 0 radical (unpaired) electrons. The van der Waals surface area contributed by atoms with E-state index in [0.717, 1.165) is 16.5 Å². The van der Waals surface area contributed by atoms with Crippen molar-refractivity contribution in [3.8, 4) is 6.07 Å². The number of nitrogens with one attached hydrogen (secondary N) is 1. The summed E-state index contributed by atoms with van der Waals surface area (Å²) in [7, 11) is 0. The van der Waals surface area contributed by atoms with Gasteiger partial charge in [-0.1, -0.05) is 30.3 Å². The maximum Gasteiger partial charge on any atom is 0.340 e. The number of anilines is 2. The first-order valence-corrected chi connectivity index (χ1v) is 7.55. The molecule has 3 rings (SSSR count). The molecule has 118 valence electrons. The van der Waals surface area contributed by atoms with Crippen LogP contribution >= 0.6 is 0 Å². The van der Waals surface area contributed by atoms with E-state index in [1.54, 1.807) is 25.1 Å². The minimum absolute atomic E-state index is 0.314. The monoisotopic (exact) mass is 317 g/mol. The molecule has 0 bridgehead atoms. The third-order valence-electron chi connectivity index (χ3n) is 3.54. The number of carbonyl (C=O) groups excluding carboxylic acids is 1. The van der Waals surface area contributed by atoms with E-state index in [-0.39, 0.29) is 5.97 Å². The highest BCUT2D eigenvalue weighted by atomic mass is 16.5. The van der Waals surface area contributed by atoms with Crippen LogP contribution in [-0.4, -0.2) is 17.6 Å². The Morgan fingerprint density at radius 1 is 1.21 bits per heavy atom. The third-order valence-corrected chi connectivity index (χ3v) is 3.54. The summed E-state index contributed by atoms with van der Waals surface area (Å²) in [5.41, 5.74) is 1.76. The Bertz CT molecular complexity index is 945. The van der Waals surface area contributed by atoms with Gasteiger partial charge in [-0.05, 0) is 25.1 Å². The molecule has 0 spiro atoms. The van der Waals surface area contributed by atoms with Crippen molar-refractivity contribution in [2.75, 3.05) is 11.9 Å². The molecule has 3 aromatic rings. The predicted molar refractivity (Wildman–Crippen MR) is 92.1 cm³/mol. The average Bonchev–Trinajstić information content (AvgIpc) is 2.62. The Kier molecular flexibility index (Phi) is 4.39. The molecule has 5 heteroatoms. The van der Waals surface area contributed by atoms with E-state index in [1.807, 2.05) is 30.3 Å². The summed E-state index contributed by atoms with van der Waals surface area (Å²) in [5, 5.41) is 13.8. The van der Waals surface area contributed by atoms with Gasteiger partial charge in [-0.2, -0.15) is 5.26 Å². The molecule has 0 unspecified atom stereocenters. The van der Waals surface area contributed by atoms with E-state index >= 15 is 0 Å². The lowest BCUT2D eigenvalue weighted by molar-refractivity contribution is 0.0528. The second-order valence-electron chi connectivity index (χ2n) is 5.10. The molecular weight excluding hydrogens is 302 g/mol. The number of hydrogen-bond donors (Lipinski definition) is 1. The highest BCUT2D eigenvalue weighted by Gasteiger charge is 2.14. The van der Waals surface area contributed by atoms with Crippen LogP contribution in [0, 0.1) is 11.3 Å². The maximum atomic E-state index is 12.1. The van der Waals surface area contributed by atoms with Crippen LogP contribution < -0.4 is 5.32 Å². The Balaban J connectivity index is 2.05. The fourth-order valence-electron chi connectivity index (χ4n) is 2.47. The number of pyridine rings is 1. The Labute approximate surface area is 139 Å². The van der Waals surface area contributed by atoms with Gasteiger partial charge in [-0.25, -0.2) is 9.78 Å². The molecular formula is C19H15N3O2. The first kappa shape index (κ1) is 15.5. The van der Waals surface area contributed by atoms with E-state index in [0.29, 0.717) is 23.6 Å². The molecule has 1 aromatic heterocycles. The minimum atomic E-state index is -0.390. The van der Waals surface area contributed by atoms with Crippen molar-refractivity contribution in [1.82, 2.24) is 4.98 Å². The average molecular weight is 317 g/mol. The number of benzene rings is 2. The zero-order valence-corrected chi connectivity index (χ0v) is 13.1. The molecule has 0 atom stereocenters. The molecule has 0 aliphatic heterocycles. The molecule has 0 saturated heterocycles. The zero-order valence-electron chi connectivity index (χ0n) is 13.1. The van der Waals surface area contributed by atoms with E-state index in [9.17, 15) is 4.79 Å². The van der Waals surface area contributed by atoms with Gasteiger partial charge in [0, 0.05) is 22.7 Å². The largest absolute Gasteiger partial charge is 0.462 e. The van der Waals surface area contributed by atoms with Crippen LogP contribution in [0.4, 0.5) is 11.5 Å². The number of fused-ring (bicyclic) bond motifs is 1. The van der Waals surface area contributed by atoms with Crippen LogP contribution in [0.1, 0.15) is 22.8 Å². The number of esters is 1. The lowest BCUT2D eigenvalue weighted by Crippen LogP contribution is -2.07. The Morgan fingerprint density at radius 3 is 2.75 bits per heavy atom. The van der Waals surface area contributed by atoms with Gasteiger partial charge in [-0.15, -0.1) is 0 Å². The van der Waals surface area contributed by atoms with Crippen LogP contribution in [0.25, 0.3) is 10.8 Å². The van der Waals surface area contributed by atoms with Crippen molar-refractivity contribution in [1.29, 1.82) is 5.26 Å². The highest BCUT2D eigenvalue weighted by Crippen LogP contribution is 2.27. The predicted octanol–water partition coefficient (Wildman–Crippen LogP) is 4.03. The third kappa shape index (κ3) is 3.03. The van der Waals surface area contributed by atoms with Gasteiger partial charge in [0.1, 0.15) is 5.82 Å². The Hall–Kier alpha value is -3.39. The molecule has 2 aromatic carbocycles. The lowest BCUT2D eigenvalue weighted by atomic mass is 10.1. The number of hydrogen-bond acceptors (Lipinski definition) is 5. The fourth-order valence-corrected chi connectivity index (χ4v) is 2.47. The number of nitrogens with zero attached hydrogens (tertiary/aromatic N) is 2. The van der Waals surface area contributed by atoms with Crippen LogP contribution in [0.15, 0.2) is 54.7 Å². The summed E-state index contributed by atoms with van der Waals surface area (Å²) in [6.45, 7) is 2.08. The second-order valence-corrected chi connectivity index (χ2v) is 5.10. The molecule has 5 nitrogen and oxygen atoms in total. The molecule has 0 amide bonds. The van der Waals surface area contributed by atoms with Crippen molar-refractivity contribution < 1.29 is 9.53 Å². The van der Waals surface area contributed by atoms with Gasteiger partial charge in [0.05, 0.1) is 23.8 Å². The topological polar surface area (TPSA) is 75.0 Å². The van der Waals surface area contributed by atoms with Crippen molar-refractivity contribution >= 4 is 28.2 Å². The maximum absolute atomic E-state index is 12.1. The van der Waals surface area contributed by atoms with Crippen LogP contribution in [-0.2, 0) is 4.74 Å². The molecule has 0 fully saturated rings. The molecule has 0 aliphatic rings. The molecule has 1 heterocycles. The Morgan fingerprint density at radius 2 is 2.00 bits per heavy atom. The minimum Gasteiger partial charge on any atom is -0.462 e. The smallest absolute Gasteiger partial charge is 0.340 e. The SMILES string of the molecule is CCOC(=O)c1cnc(Nc2cccc(C#N)c2)c2ccccc12. The first-order valence-electron chi connectivity index (χ1n) is 7.55. The van der Waals surface area contributed by atoms with Crippen molar-refractivity contribution in [2.45, 2.75) is 6.92 Å². The van der Waals surface area contributed by atoms with E-state index < -0.39 is 0 Å². The highest BCUT2D eigenvalue weighted by molar-refractivity contribution is 6.07. The van der Waals surface area contributed by atoms with Gasteiger partial charge < -0.3 is 10.1 Å². The van der Waals surface area contributed by atoms with Crippen molar-refractivity contribution in [3.05, 3.63) is 65.9 Å². The summed E-state index contributed by atoms with van der Waals surface area (Å²) in [4.78, 5) is 16.5. The van der Waals surface area contributed by atoms with Crippen LogP contribution in [0.3, 0.4) is 0 Å². The molecule has 0 saturated carbocycles. The number of aromatic nitrogens is 1. The van der Waals surface area contributed by atoms with Gasteiger partial charge in [0.25, 0.3) is 0 Å². The molecule has 1 N–H and O–H groups in total. The first-order chi connectivity index (χ1) is 11.7. The molecule has 24 heavy (non-hydrogen) atoms. The van der Waals surface area contributed by atoms with Gasteiger partial charge in [0.15, 0.2) is 0 Å². The second kappa shape index (κ2) is 6.80. The summed E-state index contributed by atoms with van der Waals surface area (Å²) in [5.74, 6) is 0.230. The van der Waals surface area contributed by atoms with Gasteiger partial charge in [-0.3, -0.25) is 0 Å². The summed E-state index contributed by atoms with van der Waals surface area (Å²) >= 11 is 0. The van der Waals surface area contributed by atoms with Crippen LogP contribution in [0.2, 0.25) is 0 Å².